The summed E-state index contributed by atoms with van der Waals surface area (Å²) in [6, 6.07) is 0. The molecule has 0 aromatic carbocycles. The van der Waals surface area contributed by atoms with Crippen LogP contribution in [0.2, 0.25) is 0 Å². The fraction of sp³-hybridized carbons (Fsp3) is 0.750. The third-order valence-electron chi connectivity index (χ3n) is 2.14. The molecule has 12 heavy (non-hydrogen) atoms. The van der Waals surface area contributed by atoms with Crippen LogP contribution in [0.1, 0.15) is 25.7 Å². The molecule has 1 rings (SSSR count). The van der Waals surface area contributed by atoms with Crippen LogP contribution in [0.15, 0.2) is 0 Å². The summed E-state index contributed by atoms with van der Waals surface area (Å²) < 4.78 is 0. The third-order valence-corrected chi connectivity index (χ3v) is 2.14. The monoisotopic (exact) mass is 171 g/mol. The average Bonchev–Trinajstić information content (AvgIpc) is 2.51. The van der Waals surface area contributed by atoms with Gasteiger partial charge in [0.15, 0.2) is 0 Å². The van der Waals surface area contributed by atoms with Gasteiger partial charge in [0.2, 0.25) is 5.91 Å². The van der Waals surface area contributed by atoms with Gasteiger partial charge in [0.25, 0.3) is 0 Å². The standard InChI is InChI=1S/C8H13NO3/c10-7(11)5-9-8(12)6-3-1-2-4-6/h6H,1-5H2,(H,9,12)(H,10,11). The number of carbonyl (C=O) groups is 2. The predicted octanol–water partition coefficient (Wildman–Crippen LogP) is 0.377. The van der Waals surface area contributed by atoms with Crippen molar-refractivity contribution in [3.63, 3.8) is 0 Å². The van der Waals surface area contributed by atoms with E-state index >= 15 is 0 Å². The summed E-state index contributed by atoms with van der Waals surface area (Å²) in [5, 5.41) is 10.7. The lowest BCUT2D eigenvalue weighted by molar-refractivity contribution is -0.138. The SMILES string of the molecule is O=C(O)CNC(=O)C1CCCC1. The van der Waals surface area contributed by atoms with Gasteiger partial charge >= 0.3 is 5.97 Å². The zero-order chi connectivity index (χ0) is 8.97. The number of aliphatic carboxylic acids is 1. The van der Waals surface area contributed by atoms with E-state index < -0.39 is 5.97 Å². The number of carbonyl (C=O) groups excluding carboxylic acids is 1. The maximum atomic E-state index is 11.2. The third kappa shape index (κ3) is 2.53. The van der Waals surface area contributed by atoms with Gasteiger partial charge in [-0.3, -0.25) is 9.59 Å². The molecule has 0 heterocycles. The summed E-state index contributed by atoms with van der Waals surface area (Å²) in [6.07, 6.45) is 3.99. The van der Waals surface area contributed by atoms with Crippen LogP contribution in [0.5, 0.6) is 0 Å². The Morgan fingerprint density at radius 2 is 1.92 bits per heavy atom. The molecule has 0 spiro atoms. The first kappa shape index (κ1) is 9.03. The van der Waals surface area contributed by atoms with E-state index in [4.69, 9.17) is 5.11 Å². The molecular formula is C8H13NO3. The van der Waals surface area contributed by atoms with Gasteiger partial charge in [-0.15, -0.1) is 0 Å². The highest BCUT2D eigenvalue weighted by Crippen LogP contribution is 2.24. The van der Waals surface area contributed by atoms with Crippen molar-refractivity contribution in [2.45, 2.75) is 25.7 Å². The Morgan fingerprint density at radius 3 is 2.42 bits per heavy atom. The maximum absolute atomic E-state index is 11.2. The molecule has 2 N–H and O–H groups in total. The first-order chi connectivity index (χ1) is 5.70. The summed E-state index contributed by atoms with van der Waals surface area (Å²) in [6.45, 7) is -0.255. The molecule has 0 aromatic heterocycles. The van der Waals surface area contributed by atoms with Crippen LogP contribution in [0, 0.1) is 5.92 Å². The van der Waals surface area contributed by atoms with Crippen LogP contribution >= 0.6 is 0 Å². The molecule has 0 aliphatic heterocycles. The molecular weight excluding hydrogens is 158 g/mol. The van der Waals surface area contributed by atoms with E-state index in [2.05, 4.69) is 5.32 Å². The van der Waals surface area contributed by atoms with Gasteiger partial charge in [-0.2, -0.15) is 0 Å². The minimum atomic E-state index is -0.985. The molecule has 0 radical (unpaired) electrons. The van der Waals surface area contributed by atoms with Crippen molar-refractivity contribution in [3.8, 4) is 0 Å². The Bertz CT molecular complexity index is 185. The van der Waals surface area contributed by atoms with E-state index in [1.807, 2.05) is 0 Å². The quantitative estimate of drug-likeness (QED) is 0.645. The predicted molar refractivity (Wildman–Crippen MR) is 42.6 cm³/mol. The van der Waals surface area contributed by atoms with Gasteiger partial charge < -0.3 is 10.4 Å². The van der Waals surface area contributed by atoms with Gasteiger partial charge in [-0.25, -0.2) is 0 Å². The van der Waals surface area contributed by atoms with E-state index in [9.17, 15) is 9.59 Å². The fourth-order valence-corrected chi connectivity index (χ4v) is 1.50. The topological polar surface area (TPSA) is 66.4 Å². The first-order valence-electron chi connectivity index (χ1n) is 4.19. The summed E-state index contributed by atoms with van der Waals surface area (Å²) in [5.74, 6) is -1.03. The first-order valence-corrected chi connectivity index (χ1v) is 4.19. The number of hydrogen-bond acceptors (Lipinski definition) is 2. The van der Waals surface area contributed by atoms with Crippen LogP contribution in [-0.4, -0.2) is 23.5 Å². The normalized spacial score (nSPS) is 17.7. The molecule has 1 aliphatic rings. The van der Waals surface area contributed by atoms with Gasteiger partial charge in [0.1, 0.15) is 6.54 Å². The average molecular weight is 171 g/mol. The van der Waals surface area contributed by atoms with Gasteiger partial charge in [0.05, 0.1) is 0 Å². The van der Waals surface area contributed by atoms with Crippen molar-refractivity contribution in [3.05, 3.63) is 0 Å². The Hall–Kier alpha value is -1.06. The number of rotatable bonds is 3. The van der Waals surface area contributed by atoms with E-state index in [1.54, 1.807) is 0 Å². The molecule has 68 valence electrons. The second-order valence-electron chi connectivity index (χ2n) is 3.09. The Labute approximate surface area is 71.0 Å². The fourth-order valence-electron chi connectivity index (χ4n) is 1.50. The molecule has 1 saturated carbocycles. The largest absolute Gasteiger partial charge is 0.480 e. The van der Waals surface area contributed by atoms with Gasteiger partial charge in [-0.05, 0) is 12.8 Å². The van der Waals surface area contributed by atoms with Crippen LogP contribution < -0.4 is 5.32 Å². The molecule has 0 unspecified atom stereocenters. The number of amides is 1. The molecule has 1 aliphatic carbocycles. The maximum Gasteiger partial charge on any atom is 0.322 e. The summed E-state index contributed by atoms with van der Waals surface area (Å²) in [5.41, 5.74) is 0. The van der Waals surface area contributed by atoms with Crippen LogP contribution in [0.25, 0.3) is 0 Å². The van der Waals surface area contributed by atoms with Gasteiger partial charge in [-0.1, -0.05) is 12.8 Å². The summed E-state index contributed by atoms with van der Waals surface area (Å²) in [4.78, 5) is 21.3. The Kier molecular flexibility index (Phi) is 3.08. The highest BCUT2D eigenvalue weighted by molar-refractivity contribution is 5.82. The minimum Gasteiger partial charge on any atom is -0.480 e. The molecule has 1 fully saturated rings. The van der Waals surface area contributed by atoms with E-state index in [0.717, 1.165) is 25.7 Å². The lowest BCUT2D eigenvalue weighted by Crippen LogP contribution is -2.33. The smallest absolute Gasteiger partial charge is 0.322 e. The van der Waals surface area contributed by atoms with Crippen molar-refractivity contribution < 1.29 is 14.7 Å². The number of carboxylic acid groups (broad SMARTS) is 1. The molecule has 0 saturated heterocycles. The molecule has 4 nitrogen and oxygen atoms in total. The highest BCUT2D eigenvalue weighted by Gasteiger charge is 2.22. The lowest BCUT2D eigenvalue weighted by atomic mass is 10.1. The molecule has 1 amide bonds. The van der Waals surface area contributed by atoms with Crippen molar-refractivity contribution >= 4 is 11.9 Å². The summed E-state index contributed by atoms with van der Waals surface area (Å²) >= 11 is 0. The second-order valence-corrected chi connectivity index (χ2v) is 3.09. The number of carboxylic acids is 1. The Morgan fingerprint density at radius 1 is 1.33 bits per heavy atom. The molecule has 0 aromatic rings. The zero-order valence-corrected chi connectivity index (χ0v) is 6.88. The van der Waals surface area contributed by atoms with E-state index in [-0.39, 0.29) is 18.4 Å². The van der Waals surface area contributed by atoms with Crippen molar-refractivity contribution in [2.75, 3.05) is 6.54 Å². The number of hydrogen-bond donors (Lipinski definition) is 2. The second kappa shape index (κ2) is 4.09. The van der Waals surface area contributed by atoms with Gasteiger partial charge in [0, 0.05) is 5.92 Å². The number of nitrogens with one attached hydrogen (secondary N) is 1. The van der Waals surface area contributed by atoms with Crippen molar-refractivity contribution in [1.82, 2.24) is 5.32 Å². The Balaban J connectivity index is 2.23. The highest BCUT2D eigenvalue weighted by atomic mass is 16.4. The van der Waals surface area contributed by atoms with Crippen LogP contribution in [0.4, 0.5) is 0 Å². The van der Waals surface area contributed by atoms with Crippen LogP contribution in [-0.2, 0) is 9.59 Å². The molecule has 4 heteroatoms. The van der Waals surface area contributed by atoms with Crippen molar-refractivity contribution in [1.29, 1.82) is 0 Å². The molecule has 0 atom stereocenters. The van der Waals surface area contributed by atoms with E-state index in [1.165, 1.54) is 0 Å². The van der Waals surface area contributed by atoms with Crippen molar-refractivity contribution in [2.24, 2.45) is 5.92 Å². The zero-order valence-electron chi connectivity index (χ0n) is 6.88. The minimum absolute atomic E-state index is 0.0596. The summed E-state index contributed by atoms with van der Waals surface area (Å²) in [7, 11) is 0. The lowest BCUT2D eigenvalue weighted by Gasteiger charge is -2.07. The van der Waals surface area contributed by atoms with E-state index in [0.29, 0.717) is 0 Å². The molecule has 0 bridgehead atoms. The van der Waals surface area contributed by atoms with Crippen LogP contribution in [0.3, 0.4) is 0 Å².